The number of hydrogen-bond acceptors (Lipinski definition) is 5. The van der Waals surface area contributed by atoms with Gasteiger partial charge in [0.15, 0.2) is 10.4 Å². The predicted octanol–water partition coefficient (Wildman–Crippen LogP) is 4.68. The first kappa shape index (κ1) is 18.9. The molecule has 3 rings (SSSR count). The Morgan fingerprint density at radius 2 is 1.81 bits per heavy atom. The van der Waals surface area contributed by atoms with Gasteiger partial charge in [-0.05, 0) is 70.0 Å². The van der Waals surface area contributed by atoms with Gasteiger partial charge in [-0.15, -0.1) is 0 Å². The maximum absolute atomic E-state index is 12.1. The van der Waals surface area contributed by atoms with E-state index >= 15 is 0 Å². The van der Waals surface area contributed by atoms with Crippen molar-refractivity contribution in [2.75, 3.05) is 0 Å². The van der Waals surface area contributed by atoms with Crippen molar-refractivity contribution in [2.24, 2.45) is 5.10 Å². The molecule has 136 valence electrons. The van der Waals surface area contributed by atoms with Gasteiger partial charge >= 0.3 is 11.9 Å². The molecule has 0 bridgehead atoms. The second-order valence-corrected chi connectivity index (χ2v) is 6.43. The third-order valence-electron chi connectivity index (χ3n) is 3.36. The van der Waals surface area contributed by atoms with Crippen LogP contribution in [0.2, 0.25) is 5.02 Å². The van der Waals surface area contributed by atoms with E-state index in [-0.39, 0.29) is 11.3 Å². The number of hydrogen-bond donors (Lipinski definition) is 1. The lowest BCUT2D eigenvalue weighted by Gasteiger charge is -2.05. The molecule has 0 aliphatic rings. The van der Waals surface area contributed by atoms with Crippen molar-refractivity contribution in [3.05, 3.63) is 87.2 Å². The lowest BCUT2D eigenvalue weighted by Crippen LogP contribution is -2.16. The van der Waals surface area contributed by atoms with Crippen LogP contribution in [0.25, 0.3) is 0 Å². The molecule has 0 aliphatic carbocycles. The minimum Gasteiger partial charge on any atom is -0.444 e. The van der Waals surface area contributed by atoms with Crippen LogP contribution in [-0.2, 0) is 0 Å². The third kappa shape index (κ3) is 5.06. The van der Waals surface area contributed by atoms with Gasteiger partial charge in [-0.2, -0.15) is 5.10 Å². The number of halogens is 2. The van der Waals surface area contributed by atoms with Gasteiger partial charge in [0, 0.05) is 0 Å². The number of nitrogens with zero attached hydrogens (tertiary/aromatic N) is 1. The lowest BCUT2D eigenvalue weighted by atomic mass is 10.2. The van der Waals surface area contributed by atoms with Crippen LogP contribution < -0.4 is 10.2 Å². The van der Waals surface area contributed by atoms with E-state index in [4.69, 9.17) is 20.8 Å². The molecule has 0 fully saturated rings. The molecule has 1 amide bonds. The molecule has 2 aromatic carbocycles. The summed E-state index contributed by atoms with van der Waals surface area (Å²) in [4.78, 5) is 23.9. The number of rotatable bonds is 5. The number of carbonyl (C=O) groups excluding carboxylic acids is 2. The molecule has 0 atom stereocenters. The van der Waals surface area contributed by atoms with Crippen LogP contribution in [0.1, 0.15) is 26.5 Å². The highest BCUT2D eigenvalue weighted by Crippen LogP contribution is 2.19. The van der Waals surface area contributed by atoms with Crippen molar-refractivity contribution in [3.8, 4) is 5.75 Å². The minimum atomic E-state index is -0.543. The molecular weight excluding hydrogens is 436 g/mol. The first-order chi connectivity index (χ1) is 13.0. The Labute approximate surface area is 167 Å². The fraction of sp³-hybridized carbons (Fsp3) is 0. The Bertz CT molecular complexity index is 999. The van der Waals surface area contributed by atoms with E-state index < -0.39 is 11.9 Å². The van der Waals surface area contributed by atoms with Gasteiger partial charge in [0.05, 0.1) is 16.8 Å². The lowest BCUT2D eigenvalue weighted by molar-refractivity contribution is 0.0734. The van der Waals surface area contributed by atoms with Gasteiger partial charge in [-0.3, -0.25) is 4.79 Å². The van der Waals surface area contributed by atoms with E-state index in [1.165, 1.54) is 12.3 Å². The van der Waals surface area contributed by atoms with Crippen molar-refractivity contribution in [2.45, 2.75) is 0 Å². The van der Waals surface area contributed by atoms with Crippen LogP contribution in [0.4, 0.5) is 0 Å². The minimum absolute atomic E-state index is 0.140. The van der Waals surface area contributed by atoms with E-state index in [0.717, 1.165) is 0 Å². The Morgan fingerprint density at radius 3 is 2.48 bits per heavy atom. The fourth-order valence-corrected chi connectivity index (χ4v) is 2.59. The zero-order chi connectivity index (χ0) is 19.2. The number of esters is 1. The van der Waals surface area contributed by atoms with Gasteiger partial charge < -0.3 is 9.15 Å². The summed E-state index contributed by atoms with van der Waals surface area (Å²) < 4.78 is 10.9. The van der Waals surface area contributed by atoms with Crippen LogP contribution in [0.3, 0.4) is 0 Å². The molecule has 0 unspecified atom stereocenters. The van der Waals surface area contributed by atoms with Crippen molar-refractivity contribution < 1.29 is 18.7 Å². The summed E-state index contributed by atoms with van der Waals surface area (Å²) in [6, 6.07) is 16.4. The Balaban J connectivity index is 1.58. The summed E-state index contributed by atoms with van der Waals surface area (Å²) >= 11 is 9.10. The molecule has 0 saturated heterocycles. The SMILES string of the molecule is O=C(N/N=C/c1ccc(OC(=O)c2ccccc2Cl)cc1)c1ccc(Br)o1. The number of hydrazone groups is 1. The zero-order valence-corrected chi connectivity index (χ0v) is 16.0. The zero-order valence-electron chi connectivity index (χ0n) is 13.7. The van der Waals surface area contributed by atoms with Gasteiger partial charge in [-0.1, -0.05) is 23.7 Å². The quantitative estimate of drug-likeness (QED) is 0.266. The smallest absolute Gasteiger partial charge is 0.345 e. The summed E-state index contributed by atoms with van der Waals surface area (Å²) in [6.45, 7) is 0. The summed E-state index contributed by atoms with van der Waals surface area (Å²) in [6.07, 6.45) is 1.45. The molecule has 1 aromatic heterocycles. The molecule has 1 N–H and O–H groups in total. The van der Waals surface area contributed by atoms with Crippen LogP contribution in [0.5, 0.6) is 5.75 Å². The molecule has 3 aromatic rings. The van der Waals surface area contributed by atoms with Crippen LogP contribution >= 0.6 is 27.5 Å². The predicted molar refractivity (Wildman–Crippen MR) is 104 cm³/mol. The number of amides is 1. The number of ether oxygens (including phenoxy) is 1. The summed E-state index contributed by atoms with van der Waals surface area (Å²) in [7, 11) is 0. The number of carbonyl (C=O) groups is 2. The molecule has 8 heteroatoms. The van der Waals surface area contributed by atoms with Crippen molar-refractivity contribution in [3.63, 3.8) is 0 Å². The number of benzene rings is 2. The second kappa shape index (κ2) is 8.66. The van der Waals surface area contributed by atoms with Crippen molar-refractivity contribution >= 4 is 45.6 Å². The van der Waals surface area contributed by atoms with Crippen molar-refractivity contribution in [1.29, 1.82) is 0 Å². The average molecular weight is 448 g/mol. The van der Waals surface area contributed by atoms with Gasteiger partial charge in [0.25, 0.3) is 0 Å². The Kier molecular flexibility index (Phi) is 6.05. The fourth-order valence-electron chi connectivity index (χ4n) is 2.07. The molecular formula is C19H12BrClN2O4. The van der Waals surface area contributed by atoms with Crippen LogP contribution in [0.15, 0.2) is 74.9 Å². The normalized spacial score (nSPS) is 10.7. The van der Waals surface area contributed by atoms with E-state index in [1.54, 1.807) is 54.6 Å². The van der Waals surface area contributed by atoms with Crippen LogP contribution in [-0.4, -0.2) is 18.1 Å². The van der Waals surface area contributed by atoms with E-state index in [9.17, 15) is 9.59 Å². The monoisotopic (exact) mass is 446 g/mol. The molecule has 0 radical (unpaired) electrons. The number of furan rings is 1. The van der Waals surface area contributed by atoms with Gasteiger partial charge in [0.1, 0.15) is 5.75 Å². The largest absolute Gasteiger partial charge is 0.444 e. The average Bonchev–Trinajstić information content (AvgIpc) is 3.10. The van der Waals surface area contributed by atoms with E-state index in [1.807, 2.05) is 0 Å². The van der Waals surface area contributed by atoms with Gasteiger partial charge in [-0.25, -0.2) is 10.2 Å². The molecule has 0 aliphatic heterocycles. The highest BCUT2D eigenvalue weighted by atomic mass is 79.9. The maximum Gasteiger partial charge on any atom is 0.345 e. The molecule has 27 heavy (non-hydrogen) atoms. The van der Waals surface area contributed by atoms with Crippen LogP contribution in [0, 0.1) is 0 Å². The van der Waals surface area contributed by atoms with E-state index in [0.29, 0.717) is 21.0 Å². The summed E-state index contributed by atoms with van der Waals surface area (Å²) in [5, 5.41) is 4.18. The Morgan fingerprint density at radius 1 is 1.07 bits per heavy atom. The van der Waals surface area contributed by atoms with Gasteiger partial charge in [0.2, 0.25) is 0 Å². The molecule has 6 nitrogen and oxygen atoms in total. The topological polar surface area (TPSA) is 80.9 Å². The third-order valence-corrected chi connectivity index (χ3v) is 4.12. The highest BCUT2D eigenvalue weighted by molar-refractivity contribution is 9.10. The molecule has 0 saturated carbocycles. The van der Waals surface area contributed by atoms with Crippen molar-refractivity contribution in [1.82, 2.24) is 5.43 Å². The highest BCUT2D eigenvalue weighted by Gasteiger charge is 2.12. The summed E-state index contributed by atoms with van der Waals surface area (Å²) in [5.74, 6) is -0.511. The molecule has 0 spiro atoms. The first-order valence-electron chi connectivity index (χ1n) is 7.68. The summed E-state index contributed by atoms with van der Waals surface area (Å²) in [5.41, 5.74) is 3.34. The first-order valence-corrected chi connectivity index (χ1v) is 8.85. The number of nitrogens with one attached hydrogen (secondary N) is 1. The Hall–Kier alpha value is -2.90. The molecule has 1 heterocycles. The van der Waals surface area contributed by atoms with E-state index in [2.05, 4.69) is 26.5 Å². The second-order valence-electron chi connectivity index (χ2n) is 5.24. The maximum atomic E-state index is 12.1. The standard InChI is InChI=1S/C19H12BrClN2O4/c20-17-10-9-16(27-17)18(24)23-22-11-12-5-7-13(8-6-12)26-19(25)14-3-1-2-4-15(14)21/h1-11H,(H,23,24)/b22-11+.